The molecular formula is C13H12O2S2. The number of thiophene rings is 1. The number of benzene rings is 1. The fourth-order valence-electron chi connectivity index (χ4n) is 1.47. The smallest absolute Gasteiger partial charge is 0.185 e. The van der Waals surface area contributed by atoms with Gasteiger partial charge < -0.3 is 0 Å². The molecule has 2 rings (SSSR count). The summed E-state index contributed by atoms with van der Waals surface area (Å²) in [5.41, 5.74) is 1.06. The number of aryl methyl sites for hydroxylation is 1. The van der Waals surface area contributed by atoms with Crippen molar-refractivity contribution in [1.29, 1.82) is 0 Å². The average Bonchev–Trinajstić information content (AvgIpc) is 2.82. The molecule has 1 heterocycles. The minimum atomic E-state index is -1.25. The fourth-order valence-corrected chi connectivity index (χ4v) is 3.33. The Morgan fingerprint density at radius 3 is 2.76 bits per heavy atom. The first kappa shape index (κ1) is 12.2. The first-order valence-electron chi connectivity index (χ1n) is 5.18. The van der Waals surface area contributed by atoms with Crippen LogP contribution in [0.5, 0.6) is 0 Å². The highest BCUT2D eigenvalue weighted by molar-refractivity contribution is 7.85. The molecule has 0 aliphatic carbocycles. The molecule has 1 aromatic heterocycles. The van der Waals surface area contributed by atoms with E-state index in [9.17, 15) is 9.00 Å². The molecular weight excluding hydrogens is 252 g/mol. The zero-order chi connectivity index (χ0) is 12.3. The van der Waals surface area contributed by atoms with Gasteiger partial charge in [0, 0.05) is 4.90 Å². The maximum atomic E-state index is 12.0. The molecule has 1 aromatic carbocycles. The third-order valence-electron chi connectivity index (χ3n) is 2.31. The Balaban J connectivity index is 2.10. The van der Waals surface area contributed by atoms with Crippen molar-refractivity contribution in [2.24, 2.45) is 0 Å². The molecule has 0 spiro atoms. The van der Waals surface area contributed by atoms with Crippen LogP contribution in [0, 0.1) is 6.92 Å². The molecule has 0 saturated carbocycles. The lowest BCUT2D eigenvalue weighted by Gasteiger charge is -2.01. The number of carbonyl (C=O) groups is 1. The number of rotatable bonds is 4. The Morgan fingerprint density at radius 2 is 2.12 bits per heavy atom. The van der Waals surface area contributed by atoms with E-state index in [-0.39, 0.29) is 11.5 Å². The third-order valence-corrected chi connectivity index (χ3v) is 4.53. The van der Waals surface area contributed by atoms with Gasteiger partial charge in [-0.2, -0.15) is 0 Å². The highest BCUT2D eigenvalue weighted by atomic mass is 32.2. The number of Topliss-reactive ketones (excluding diaryl/α,β-unsaturated/α-hetero) is 1. The van der Waals surface area contributed by atoms with Gasteiger partial charge >= 0.3 is 0 Å². The monoisotopic (exact) mass is 264 g/mol. The third kappa shape index (κ3) is 3.11. The lowest BCUT2D eigenvalue weighted by molar-refractivity contribution is 0.102. The summed E-state index contributed by atoms with van der Waals surface area (Å²) >= 11 is 1.39. The quantitative estimate of drug-likeness (QED) is 0.795. The van der Waals surface area contributed by atoms with Gasteiger partial charge in [-0.1, -0.05) is 18.2 Å². The molecule has 0 fully saturated rings. The molecule has 0 amide bonds. The Labute approximate surface area is 107 Å². The second-order valence-corrected chi connectivity index (χ2v) is 6.11. The first-order chi connectivity index (χ1) is 8.16. The molecule has 2 nitrogen and oxygen atoms in total. The summed E-state index contributed by atoms with van der Waals surface area (Å²) in [6.07, 6.45) is 0. The van der Waals surface area contributed by atoms with Gasteiger partial charge in [0.15, 0.2) is 5.78 Å². The summed E-state index contributed by atoms with van der Waals surface area (Å²) in [5.74, 6) is 0.00379. The molecule has 88 valence electrons. The maximum Gasteiger partial charge on any atom is 0.185 e. The van der Waals surface area contributed by atoms with Crippen LogP contribution in [-0.2, 0) is 10.8 Å². The van der Waals surface area contributed by atoms with Crippen LogP contribution in [0.4, 0.5) is 0 Å². The minimum Gasteiger partial charge on any atom is -0.292 e. The van der Waals surface area contributed by atoms with E-state index in [1.54, 1.807) is 12.1 Å². The highest BCUT2D eigenvalue weighted by Crippen LogP contribution is 2.14. The van der Waals surface area contributed by atoms with Crippen molar-refractivity contribution >= 4 is 27.9 Å². The summed E-state index contributed by atoms with van der Waals surface area (Å²) in [4.78, 5) is 13.2. The zero-order valence-electron chi connectivity index (χ0n) is 9.38. The van der Waals surface area contributed by atoms with Crippen LogP contribution in [0.15, 0.2) is 46.7 Å². The summed E-state index contributed by atoms with van der Waals surface area (Å²) in [6.45, 7) is 1.95. The van der Waals surface area contributed by atoms with Gasteiger partial charge in [0.2, 0.25) is 0 Å². The average molecular weight is 264 g/mol. The minimum absolute atomic E-state index is 0.0557. The van der Waals surface area contributed by atoms with Crippen molar-refractivity contribution in [3.05, 3.63) is 52.2 Å². The predicted molar refractivity (Wildman–Crippen MR) is 71.1 cm³/mol. The Kier molecular flexibility index (Phi) is 3.86. The molecule has 0 bridgehead atoms. The molecule has 0 N–H and O–H groups in total. The normalized spacial score (nSPS) is 12.3. The van der Waals surface area contributed by atoms with Crippen molar-refractivity contribution < 1.29 is 9.00 Å². The largest absolute Gasteiger partial charge is 0.292 e. The van der Waals surface area contributed by atoms with Crippen LogP contribution in [-0.4, -0.2) is 15.7 Å². The van der Waals surface area contributed by atoms with E-state index in [1.165, 1.54) is 11.3 Å². The van der Waals surface area contributed by atoms with Crippen molar-refractivity contribution in [1.82, 2.24) is 0 Å². The first-order valence-corrected chi connectivity index (χ1v) is 7.38. The molecule has 17 heavy (non-hydrogen) atoms. The summed E-state index contributed by atoms with van der Waals surface area (Å²) in [7, 11) is -1.25. The van der Waals surface area contributed by atoms with Crippen LogP contribution in [0.25, 0.3) is 0 Å². The van der Waals surface area contributed by atoms with Crippen LogP contribution in [0.3, 0.4) is 0 Å². The van der Waals surface area contributed by atoms with Gasteiger partial charge in [-0.3, -0.25) is 9.00 Å². The Morgan fingerprint density at radius 1 is 1.29 bits per heavy atom. The lowest BCUT2D eigenvalue weighted by Crippen LogP contribution is -2.09. The number of ketones is 1. The van der Waals surface area contributed by atoms with Crippen molar-refractivity contribution in [2.45, 2.75) is 11.8 Å². The van der Waals surface area contributed by atoms with Gasteiger partial charge in [-0.25, -0.2) is 0 Å². The van der Waals surface area contributed by atoms with Crippen LogP contribution >= 0.6 is 11.3 Å². The summed E-state index contributed by atoms with van der Waals surface area (Å²) in [6, 6.07) is 11.1. The van der Waals surface area contributed by atoms with E-state index in [1.807, 2.05) is 36.6 Å². The maximum absolute atomic E-state index is 12.0. The van der Waals surface area contributed by atoms with Crippen molar-refractivity contribution in [3.8, 4) is 0 Å². The predicted octanol–water partition coefficient (Wildman–Crippen LogP) is 3.05. The van der Waals surface area contributed by atoms with Crippen molar-refractivity contribution in [3.63, 3.8) is 0 Å². The summed E-state index contributed by atoms with van der Waals surface area (Å²) < 4.78 is 12.0. The molecule has 2 aromatic rings. The van der Waals surface area contributed by atoms with Gasteiger partial charge in [0.05, 0.1) is 21.4 Å². The van der Waals surface area contributed by atoms with Crippen LogP contribution in [0.2, 0.25) is 0 Å². The standard InChI is InChI=1S/C13H12O2S2/c1-10-4-2-5-11(8-10)17(15)9-12(14)13-6-3-7-16-13/h2-8H,9H2,1H3. The van der Waals surface area contributed by atoms with Gasteiger partial charge in [-0.05, 0) is 36.1 Å². The van der Waals surface area contributed by atoms with Gasteiger partial charge in [0.1, 0.15) is 0 Å². The zero-order valence-corrected chi connectivity index (χ0v) is 11.0. The van der Waals surface area contributed by atoms with E-state index in [4.69, 9.17) is 0 Å². The summed E-state index contributed by atoms with van der Waals surface area (Å²) in [5, 5.41) is 1.85. The van der Waals surface area contributed by atoms with Crippen molar-refractivity contribution in [2.75, 3.05) is 5.75 Å². The van der Waals surface area contributed by atoms with E-state index in [0.717, 1.165) is 10.5 Å². The number of hydrogen-bond acceptors (Lipinski definition) is 3. The van der Waals surface area contributed by atoms with Crippen LogP contribution < -0.4 is 0 Å². The number of carbonyl (C=O) groups excluding carboxylic acids is 1. The SMILES string of the molecule is Cc1cccc(S(=O)CC(=O)c2cccs2)c1. The molecule has 0 saturated heterocycles. The van der Waals surface area contributed by atoms with Gasteiger partial charge in [0.25, 0.3) is 0 Å². The lowest BCUT2D eigenvalue weighted by atomic mass is 10.2. The van der Waals surface area contributed by atoms with E-state index >= 15 is 0 Å². The van der Waals surface area contributed by atoms with E-state index in [0.29, 0.717) is 4.88 Å². The Bertz CT molecular complexity index is 544. The van der Waals surface area contributed by atoms with E-state index < -0.39 is 10.8 Å². The number of hydrogen-bond donors (Lipinski definition) is 0. The molecule has 1 atom stereocenters. The molecule has 0 aliphatic rings. The Hall–Kier alpha value is -1.26. The topological polar surface area (TPSA) is 34.1 Å². The second kappa shape index (κ2) is 5.38. The van der Waals surface area contributed by atoms with E-state index in [2.05, 4.69) is 0 Å². The van der Waals surface area contributed by atoms with Crippen LogP contribution in [0.1, 0.15) is 15.2 Å². The van der Waals surface area contributed by atoms with Gasteiger partial charge in [-0.15, -0.1) is 11.3 Å². The fraction of sp³-hybridized carbons (Fsp3) is 0.154. The molecule has 4 heteroatoms. The molecule has 0 aliphatic heterocycles. The molecule has 1 unspecified atom stereocenters. The second-order valence-electron chi connectivity index (χ2n) is 3.71. The highest BCUT2D eigenvalue weighted by Gasteiger charge is 2.12. The molecule has 0 radical (unpaired) electrons.